The van der Waals surface area contributed by atoms with Crippen LogP contribution >= 0.6 is 0 Å². The molecule has 0 fully saturated rings. The van der Waals surface area contributed by atoms with Crippen molar-refractivity contribution in [3.05, 3.63) is 134 Å². The highest BCUT2D eigenvalue weighted by molar-refractivity contribution is 6.62. The molecule has 0 bridgehead atoms. The van der Waals surface area contributed by atoms with Crippen molar-refractivity contribution in [3.8, 4) is 39.3 Å². The maximum atomic E-state index is 10.3. The molecule has 0 saturated heterocycles. The predicted octanol–water partition coefficient (Wildman–Crippen LogP) is 6.25. The third kappa shape index (κ3) is 4.16. The number of pyridine rings is 2. The fourth-order valence-electron chi connectivity index (χ4n) is 5.50. The Morgan fingerprint density at radius 2 is 1.15 bits per heavy atom. The fraction of sp³-hybridized carbons (Fsp3) is 0. The van der Waals surface area contributed by atoms with Gasteiger partial charge in [0.15, 0.2) is 0 Å². The molecule has 7 rings (SSSR count). The molecule has 4 aromatic carbocycles. The Kier molecular flexibility index (Phi) is 5.97. The van der Waals surface area contributed by atoms with Crippen LogP contribution in [-0.4, -0.2) is 31.7 Å². The van der Waals surface area contributed by atoms with Crippen LogP contribution in [0.3, 0.4) is 0 Å². The smallest absolute Gasteiger partial charge is 0.423 e. The van der Waals surface area contributed by atoms with Crippen molar-refractivity contribution in [1.82, 2.24) is 14.5 Å². The topological polar surface area (TPSA) is 71.2 Å². The first-order valence-electron chi connectivity index (χ1n) is 13.1. The van der Waals surface area contributed by atoms with Crippen molar-refractivity contribution in [3.63, 3.8) is 0 Å². The summed E-state index contributed by atoms with van der Waals surface area (Å²) in [6.07, 6.45) is 3.61. The normalized spacial score (nSPS) is 11.2. The molecule has 0 amide bonds. The quantitative estimate of drug-likeness (QED) is 0.265. The third-order valence-corrected chi connectivity index (χ3v) is 7.30. The van der Waals surface area contributed by atoms with Gasteiger partial charge in [0.1, 0.15) is 0 Å². The second-order valence-electron chi connectivity index (χ2n) is 9.75. The largest absolute Gasteiger partial charge is 0.490 e. The van der Waals surface area contributed by atoms with Gasteiger partial charge in [-0.3, -0.25) is 9.97 Å². The van der Waals surface area contributed by atoms with Crippen LogP contribution in [0, 0.1) is 0 Å². The minimum atomic E-state index is -1.59. The summed E-state index contributed by atoms with van der Waals surface area (Å²) < 4.78 is 2.12. The van der Waals surface area contributed by atoms with Crippen LogP contribution in [-0.2, 0) is 0 Å². The summed E-state index contributed by atoms with van der Waals surface area (Å²) in [5.74, 6) is 0. The standard InChI is InChI=1S/C34H24BN3O2/c39-35(40)30-13-8-12-29-28-11-1-2-16-33(28)38(34(29)30)27-10-7-9-23(22-27)24-19-25(31-14-3-5-17-36-31)21-26(20-24)32-15-4-6-18-37-32/h1-22,39-40H. The average molecular weight is 517 g/mol. The number of hydrogen-bond acceptors (Lipinski definition) is 4. The van der Waals surface area contributed by atoms with Crippen LogP contribution in [0.2, 0.25) is 0 Å². The summed E-state index contributed by atoms with van der Waals surface area (Å²) in [4.78, 5) is 9.20. The van der Waals surface area contributed by atoms with Gasteiger partial charge in [-0.15, -0.1) is 0 Å². The highest BCUT2D eigenvalue weighted by Crippen LogP contribution is 2.35. The molecule has 7 aromatic rings. The molecular weight excluding hydrogens is 493 g/mol. The zero-order valence-corrected chi connectivity index (χ0v) is 21.5. The molecule has 0 unspecified atom stereocenters. The second-order valence-corrected chi connectivity index (χ2v) is 9.75. The van der Waals surface area contributed by atoms with Crippen molar-refractivity contribution in [2.24, 2.45) is 0 Å². The molecule has 6 heteroatoms. The first-order valence-corrected chi connectivity index (χ1v) is 13.1. The Morgan fingerprint density at radius 1 is 0.525 bits per heavy atom. The first-order chi connectivity index (χ1) is 19.7. The van der Waals surface area contributed by atoms with Crippen LogP contribution in [0.25, 0.3) is 61.1 Å². The van der Waals surface area contributed by atoms with E-state index in [2.05, 4.69) is 63.1 Å². The van der Waals surface area contributed by atoms with Crippen molar-refractivity contribution in [1.29, 1.82) is 0 Å². The fourth-order valence-corrected chi connectivity index (χ4v) is 5.50. The molecule has 190 valence electrons. The Morgan fingerprint density at radius 3 is 1.82 bits per heavy atom. The van der Waals surface area contributed by atoms with E-state index in [0.717, 1.165) is 61.1 Å². The summed E-state index contributed by atoms with van der Waals surface area (Å²) in [5.41, 5.74) is 9.04. The van der Waals surface area contributed by atoms with E-state index in [4.69, 9.17) is 0 Å². The van der Waals surface area contributed by atoms with Gasteiger partial charge in [-0.2, -0.15) is 0 Å². The minimum Gasteiger partial charge on any atom is -0.423 e. The van der Waals surface area contributed by atoms with Crippen LogP contribution in [0.5, 0.6) is 0 Å². The van der Waals surface area contributed by atoms with Crippen molar-refractivity contribution < 1.29 is 10.0 Å². The monoisotopic (exact) mass is 517 g/mol. The minimum absolute atomic E-state index is 0.466. The lowest BCUT2D eigenvalue weighted by Gasteiger charge is -2.14. The van der Waals surface area contributed by atoms with E-state index in [0.29, 0.717) is 5.46 Å². The van der Waals surface area contributed by atoms with Crippen molar-refractivity contribution in [2.45, 2.75) is 0 Å². The molecule has 0 radical (unpaired) electrons. The average Bonchev–Trinajstić information content (AvgIpc) is 3.36. The summed E-state index contributed by atoms with van der Waals surface area (Å²) in [7, 11) is -1.59. The maximum absolute atomic E-state index is 10.3. The van der Waals surface area contributed by atoms with Gasteiger partial charge in [-0.1, -0.05) is 60.7 Å². The van der Waals surface area contributed by atoms with Crippen LogP contribution in [0.15, 0.2) is 134 Å². The molecular formula is C34H24BN3O2. The summed E-state index contributed by atoms with van der Waals surface area (Å²) in [6, 6.07) is 40.4. The molecule has 0 spiro atoms. The van der Waals surface area contributed by atoms with Gasteiger partial charge in [-0.05, 0) is 71.8 Å². The Balaban J connectivity index is 1.46. The van der Waals surface area contributed by atoms with Gasteiger partial charge >= 0.3 is 7.12 Å². The van der Waals surface area contributed by atoms with Gasteiger partial charge in [0.25, 0.3) is 0 Å². The number of para-hydroxylation sites is 2. The number of fused-ring (bicyclic) bond motifs is 3. The highest BCUT2D eigenvalue weighted by Gasteiger charge is 2.21. The van der Waals surface area contributed by atoms with E-state index in [1.54, 1.807) is 18.5 Å². The molecule has 2 N–H and O–H groups in total. The maximum Gasteiger partial charge on any atom is 0.490 e. The Labute approximate surface area is 231 Å². The highest BCUT2D eigenvalue weighted by atomic mass is 16.4. The van der Waals surface area contributed by atoms with Crippen LogP contribution in [0.1, 0.15) is 0 Å². The molecule has 5 nitrogen and oxygen atoms in total. The first kappa shape index (κ1) is 24.0. The van der Waals surface area contributed by atoms with Crippen LogP contribution in [0.4, 0.5) is 0 Å². The van der Waals surface area contributed by atoms with Gasteiger partial charge in [0.05, 0.1) is 22.4 Å². The molecule has 0 aliphatic rings. The summed E-state index contributed by atoms with van der Waals surface area (Å²) in [6.45, 7) is 0. The predicted molar refractivity (Wildman–Crippen MR) is 163 cm³/mol. The zero-order valence-electron chi connectivity index (χ0n) is 21.5. The summed E-state index contributed by atoms with van der Waals surface area (Å²) in [5, 5.41) is 22.5. The zero-order chi connectivity index (χ0) is 27.1. The lowest BCUT2D eigenvalue weighted by Crippen LogP contribution is -2.31. The van der Waals surface area contributed by atoms with E-state index >= 15 is 0 Å². The van der Waals surface area contributed by atoms with Crippen molar-refractivity contribution >= 4 is 34.4 Å². The number of hydrogen-bond donors (Lipinski definition) is 2. The van der Waals surface area contributed by atoms with Crippen molar-refractivity contribution in [2.75, 3.05) is 0 Å². The van der Waals surface area contributed by atoms with Gasteiger partial charge in [-0.25, -0.2) is 0 Å². The number of aromatic nitrogens is 3. The second kappa shape index (κ2) is 9.93. The van der Waals surface area contributed by atoms with E-state index in [-0.39, 0.29) is 0 Å². The lowest BCUT2D eigenvalue weighted by molar-refractivity contribution is 0.426. The van der Waals surface area contributed by atoms with E-state index in [9.17, 15) is 10.0 Å². The Bertz CT molecular complexity index is 1930. The van der Waals surface area contributed by atoms with E-state index < -0.39 is 7.12 Å². The molecule has 3 heterocycles. The number of rotatable bonds is 5. The lowest BCUT2D eigenvalue weighted by atomic mass is 9.79. The number of nitrogens with zero attached hydrogens (tertiary/aromatic N) is 3. The summed E-state index contributed by atoms with van der Waals surface area (Å²) >= 11 is 0. The molecule has 0 aliphatic heterocycles. The van der Waals surface area contributed by atoms with E-state index in [1.807, 2.05) is 66.7 Å². The van der Waals surface area contributed by atoms with Gasteiger partial charge in [0.2, 0.25) is 0 Å². The SMILES string of the molecule is OB(O)c1cccc2c3ccccc3n(-c3cccc(-c4cc(-c5ccccn5)cc(-c5ccccn5)c4)c3)c12. The third-order valence-electron chi connectivity index (χ3n) is 7.30. The van der Waals surface area contributed by atoms with E-state index in [1.165, 1.54) is 0 Å². The van der Waals surface area contributed by atoms with Crippen LogP contribution < -0.4 is 5.46 Å². The number of benzene rings is 4. The molecule has 3 aromatic heterocycles. The molecule has 40 heavy (non-hydrogen) atoms. The van der Waals surface area contributed by atoms with Gasteiger partial charge < -0.3 is 14.6 Å². The molecule has 0 aliphatic carbocycles. The Hall–Kier alpha value is -5.04. The molecule has 0 saturated carbocycles. The molecule has 0 atom stereocenters. The van der Waals surface area contributed by atoms with Gasteiger partial charge in [0, 0.05) is 45.4 Å².